The fraction of sp³-hybridized carbons (Fsp3) is 0.410. The molecule has 340 valence electrons. The molecule has 24 heteroatoms. The third-order valence-electron chi connectivity index (χ3n) is 9.38. The Hall–Kier alpha value is -4.65. The number of sulfone groups is 1. The summed E-state index contributed by atoms with van der Waals surface area (Å²) < 4.78 is 60.4. The van der Waals surface area contributed by atoms with Crippen LogP contribution in [0.5, 0.6) is 11.5 Å². The Labute approximate surface area is 391 Å². The van der Waals surface area contributed by atoms with Gasteiger partial charge < -0.3 is 52.3 Å². The maximum absolute atomic E-state index is 13.5. The molecule has 2 aromatic heterocycles. The summed E-state index contributed by atoms with van der Waals surface area (Å²) in [6.45, 7) is 1.26. The van der Waals surface area contributed by atoms with Gasteiger partial charge >= 0.3 is 29.6 Å². The fourth-order valence-electron chi connectivity index (χ4n) is 5.98. The second kappa shape index (κ2) is 27.5. The minimum Gasteiger partial charge on any atom is -0.662 e. The Kier molecular flexibility index (Phi) is 24.6. The number of benzene rings is 2. The maximum atomic E-state index is 13.5. The first kappa shape index (κ1) is 56.4. The number of nitrogens with two attached hydrogens (primary N) is 3. The van der Waals surface area contributed by atoms with Gasteiger partial charge in [-0.05, 0) is 87.8 Å². The summed E-state index contributed by atoms with van der Waals surface area (Å²) >= 11 is 0. The van der Waals surface area contributed by atoms with Crippen LogP contribution in [0.25, 0.3) is 0 Å². The molecular weight excluding hydrogens is 885 g/mol. The van der Waals surface area contributed by atoms with Crippen LogP contribution in [0.4, 0.5) is 26.4 Å². The Morgan fingerprint density at radius 3 is 1.62 bits per heavy atom. The van der Waals surface area contributed by atoms with Crippen LogP contribution in [-0.2, 0) is 19.5 Å². The van der Waals surface area contributed by atoms with E-state index in [1.54, 1.807) is 0 Å². The van der Waals surface area contributed by atoms with Crippen molar-refractivity contribution in [1.29, 1.82) is 0 Å². The van der Waals surface area contributed by atoms with Crippen molar-refractivity contribution in [3.8, 4) is 11.5 Å². The summed E-state index contributed by atoms with van der Waals surface area (Å²) in [5, 5.41) is 29.7. The summed E-state index contributed by atoms with van der Waals surface area (Å²) in [6.07, 6.45) is 8.91. The van der Waals surface area contributed by atoms with E-state index in [1.165, 1.54) is 45.5 Å². The number of ether oxygens (including phenoxy) is 2. The van der Waals surface area contributed by atoms with Crippen LogP contribution in [0, 0.1) is 11.6 Å². The number of nitrogens with zero attached hydrogens (tertiary/aromatic N) is 4. The Morgan fingerprint density at radius 1 is 0.810 bits per heavy atom. The third kappa shape index (κ3) is 17.1. The summed E-state index contributed by atoms with van der Waals surface area (Å²) in [5.41, 5.74) is 17.1. The summed E-state index contributed by atoms with van der Waals surface area (Å²) in [4.78, 5) is 52.0. The molecule has 2 saturated carbocycles. The van der Waals surface area contributed by atoms with E-state index in [4.69, 9.17) is 41.8 Å². The summed E-state index contributed by atoms with van der Waals surface area (Å²) in [5.74, 6) is -2.11. The van der Waals surface area contributed by atoms with Crippen molar-refractivity contribution in [2.24, 2.45) is 5.73 Å². The van der Waals surface area contributed by atoms with E-state index in [2.05, 4.69) is 30.1 Å². The molecule has 2 aromatic carbocycles. The van der Waals surface area contributed by atoms with Crippen LogP contribution in [0.3, 0.4) is 0 Å². The zero-order valence-electron chi connectivity index (χ0n) is 35.0. The van der Waals surface area contributed by atoms with Gasteiger partial charge in [0.05, 0.1) is 54.4 Å². The van der Waals surface area contributed by atoms with Gasteiger partial charge in [-0.25, -0.2) is 32.2 Å². The van der Waals surface area contributed by atoms with Gasteiger partial charge in [0.15, 0.2) is 0 Å². The standard InChI is InChI=1S/C18H21FN4O3.C14H14FN3O4S.C6H13NO.CH2O3.ClH.Na/c1-26-15-7-2-10(19)8-13(15)16(25)14-9-21-18(23-17(14)20)22-11-3-5-12(24)6-4-11;1-3-23(20,21)14-17-7-10(13(16)18-14)12(19)9-6-8(15)4-5-11(9)22-2;7-5-1-3-6(8)4-2-5;2-1-4-3;;/h2,7-9,11-12,24H,3-6H2,1H3,(H3,20,21,22,23);4-7H,3H2,1-2H3,(H2,16,17,18);5-6,8H,1-4,7H2;1,3H;1H;/q;;;;;+1/p-1. The number of nitrogen functional groups attached to an aromatic ring is 2. The third-order valence-corrected chi connectivity index (χ3v) is 10.9. The molecule has 9 N–H and O–H groups in total. The average Bonchev–Trinajstić information content (AvgIpc) is 3.25. The van der Waals surface area contributed by atoms with Gasteiger partial charge in [0.1, 0.15) is 34.8 Å². The maximum Gasteiger partial charge on any atom is 1.00 e. The molecule has 2 aliphatic rings. The van der Waals surface area contributed by atoms with Crippen LogP contribution < -0.4 is 66.8 Å². The van der Waals surface area contributed by atoms with Gasteiger partial charge in [0.25, 0.3) is 6.47 Å². The number of ketones is 2. The molecule has 2 aliphatic carbocycles. The molecule has 0 atom stereocenters. The van der Waals surface area contributed by atoms with E-state index in [-0.39, 0.29) is 118 Å². The molecule has 2 fully saturated rings. The van der Waals surface area contributed by atoms with Crippen LogP contribution >= 0.6 is 12.4 Å². The van der Waals surface area contributed by atoms with Crippen molar-refractivity contribution in [3.05, 3.63) is 82.7 Å². The molecule has 0 saturated heterocycles. The topological polar surface area (TPSA) is 318 Å². The van der Waals surface area contributed by atoms with Gasteiger partial charge in [-0.1, -0.05) is 6.92 Å². The number of methoxy groups -OCH3 is 2. The smallest absolute Gasteiger partial charge is 0.662 e. The van der Waals surface area contributed by atoms with E-state index in [0.29, 0.717) is 12.0 Å². The number of aliphatic hydroxyl groups excluding tert-OH is 2. The van der Waals surface area contributed by atoms with Crippen LogP contribution in [0.15, 0.2) is 53.9 Å². The summed E-state index contributed by atoms with van der Waals surface area (Å²) in [7, 11) is -0.911. The molecule has 0 amide bonds. The minimum absolute atomic E-state index is 0. The molecular formula is C39H50ClF2N8NaO11S. The van der Waals surface area contributed by atoms with Crippen molar-refractivity contribution < 1.29 is 91.0 Å². The quantitative estimate of drug-likeness (QED) is 0.0276. The number of hydrogen-bond donors (Lipinski definition) is 6. The number of anilines is 3. The first-order valence-corrected chi connectivity index (χ1v) is 20.5. The van der Waals surface area contributed by atoms with E-state index in [1.807, 2.05) is 0 Å². The number of carbonyl (C=O) groups is 3. The Balaban J connectivity index is 0.000000489. The molecule has 0 aliphatic heterocycles. The first-order chi connectivity index (χ1) is 29.0. The second-order valence-electron chi connectivity index (χ2n) is 13.6. The van der Waals surface area contributed by atoms with Crippen molar-refractivity contribution >= 4 is 57.9 Å². The largest absolute Gasteiger partial charge is 1.00 e. The van der Waals surface area contributed by atoms with Crippen molar-refractivity contribution in [2.45, 2.75) is 87.7 Å². The number of carbonyl (C=O) groups excluding carboxylic acids is 3. The summed E-state index contributed by atoms with van der Waals surface area (Å²) in [6, 6.07) is 7.65. The number of aliphatic hydroxyl groups is 2. The minimum atomic E-state index is -3.65. The number of nitrogens with one attached hydrogen (secondary N) is 1. The van der Waals surface area contributed by atoms with Crippen molar-refractivity contribution in [1.82, 2.24) is 19.9 Å². The molecule has 0 radical (unpaired) electrons. The van der Waals surface area contributed by atoms with Crippen molar-refractivity contribution in [2.75, 3.05) is 36.8 Å². The molecule has 4 aromatic rings. The number of rotatable bonds is 11. The Morgan fingerprint density at radius 2 is 1.24 bits per heavy atom. The zero-order chi connectivity index (χ0) is 45.3. The van der Waals surface area contributed by atoms with Gasteiger partial charge in [-0.15, -0.1) is 12.4 Å². The Bertz CT molecular complexity index is 2210. The van der Waals surface area contributed by atoms with Gasteiger partial charge in [-0.3, -0.25) is 14.4 Å². The van der Waals surface area contributed by atoms with E-state index in [9.17, 15) is 31.9 Å². The van der Waals surface area contributed by atoms with E-state index >= 15 is 0 Å². The molecule has 0 unspecified atom stereocenters. The molecule has 6 rings (SSSR count). The van der Waals surface area contributed by atoms with Crippen LogP contribution in [0.2, 0.25) is 0 Å². The molecule has 0 spiro atoms. The number of halogens is 3. The monoisotopic (exact) mass is 934 g/mol. The van der Waals surface area contributed by atoms with E-state index < -0.39 is 38.2 Å². The van der Waals surface area contributed by atoms with Crippen LogP contribution in [0.1, 0.15) is 90.1 Å². The van der Waals surface area contributed by atoms with Gasteiger partial charge in [-0.2, -0.15) is 4.98 Å². The average molecular weight is 935 g/mol. The first-order valence-electron chi connectivity index (χ1n) is 18.8. The predicted octanol–water partition coefficient (Wildman–Crippen LogP) is -0.507. The van der Waals surface area contributed by atoms with E-state index in [0.717, 1.165) is 75.8 Å². The molecule has 0 bridgehead atoms. The van der Waals surface area contributed by atoms with Crippen LogP contribution in [-0.4, -0.2) is 101 Å². The molecule has 19 nitrogen and oxygen atoms in total. The number of hydrogen-bond acceptors (Lipinski definition) is 19. The van der Waals surface area contributed by atoms with Gasteiger partial charge in [0, 0.05) is 24.5 Å². The zero-order valence-corrected chi connectivity index (χ0v) is 38.7. The van der Waals surface area contributed by atoms with Gasteiger partial charge in [0.2, 0.25) is 32.5 Å². The molecule has 2 heterocycles. The number of aromatic nitrogens is 4. The molecule has 63 heavy (non-hydrogen) atoms. The SMILES string of the molecule is CCS(=O)(=O)c1ncc(C(=O)c2cc(F)ccc2OC)c(N)n1.COc1ccc(F)cc1C(=O)c1cnc(NC2CCC(O)CC2)nc1N.Cl.NC1CCC(O)CC1.O=CO[O-].[Na+]. The normalized spacial score (nSPS) is 17.7. The van der Waals surface area contributed by atoms with Crippen molar-refractivity contribution in [3.63, 3.8) is 0 Å². The second-order valence-corrected chi connectivity index (χ2v) is 15.8. The predicted molar refractivity (Wildman–Crippen MR) is 222 cm³/mol. The fourth-order valence-corrected chi connectivity index (χ4v) is 6.69.